The standard InChI is InChI=1S/C13H10N4O2S/c18-10-6-7-11(19)12(8-10)20-13-14-15-16-17(13)9-4-2-1-3-5-9/h1-8,18-19H. The fraction of sp³-hybridized carbons (Fsp3) is 0. The molecule has 2 aromatic carbocycles. The number of phenolic OH excluding ortho intramolecular Hbond substituents is 2. The maximum absolute atomic E-state index is 9.79. The number of aromatic nitrogens is 4. The molecular formula is C13H10N4O2S. The monoisotopic (exact) mass is 286 g/mol. The van der Waals surface area contributed by atoms with Gasteiger partial charge in [-0.2, -0.15) is 4.68 Å². The van der Waals surface area contributed by atoms with E-state index in [0.717, 1.165) is 5.69 Å². The maximum Gasteiger partial charge on any atom is 0.219 e. The van der Waals surface area contributed by atoms with Crippen molar-refractivity contribution in [3.05, 3.63) is 48.5 Å². The van der Waals surface area contributed by atoms with Crippen LogP contribution in [0.25, 0.3) is 5.69 Å². The molecule has 1 aromatic heterocycles. The van der Waals surface area contributed by atoms with Gasteiger partial charge in [0, 0.05) is 0 Å². The zero-order chi connectivity index (χ0) is 13.9. The van der Waals surface area contributed by atoms with Gasteiger partial charge in [0.1, 0.15) is 11.5 Å². The Morgan fingerprint density at radius 3 is 2.60 bits per heavy atom. The molecule has 0 saturated carbocycles. The van der Waals surface area contributed by atoms with Crippen LogP contribution in [0.5, 0.6) is 11.5 Å². The minimum absolute atomic E-state index is 0.0652. The van der Waals surface area contributed by atoms with E-state index in [1.807, 2.05) is 30.3 Å². The molecule has 0 unspecified atom stereocenters. The summed E-state index contributed by atoms with van der Waals surface area (Å²) in [4.78, 5) is 0.483. The van der Waals surface area contributed by atoms with Gasteiger partial charge in [0.05, 0.1) is 10.6 Å². The number of tetrazole rings is 1. The molecule has 0 radical (unpaired) electrons. The molecule has 6 nitrogen and oxygen atoms in total. The van der Waals surface area contributed by atoms with Gasteiger partial charge < -0.3 is 10.2 Å². The Hall–Kier alpha value is -2.54. The van der Waals surface area contributed by atoms with Crippen LogP contribution in [0, 0.1) is 0 Å². The summed E-state index contributed by atoms with van der Waals surface area (Å²) < 4.78 is 1.56. The molecule has 7 heteroatoms. The van der Waals surface area contributed by atoms with Gasteiger partial charge in [-0.3, -0.25) is 0 Å². The molecule has 0 amide bonds. The fourth-order valence-electron chi connectivity index (χ4n) is 1.66. The van der Waals surface area contributed by atoms with Crippen LogP contribution >= 0.6 is 11.8 Å². The molecule has 1 heterocycles. The van der Waals surface area contributed by atoms with Crippen molar-refractivity contribution in [1.82, 2.24) is 20.2 Å². The molecular weight excluding hydrogens is 276 g/mol. The van der Waals surface area contributed by atoms with Crippen LogP contribution in [0.2, 0.25) is 0 Å². The third kappa shape index (κ3) is 2.43. The SMILES string of the molecule is Oc1ccc(O)c(Sc2nnnn2-c2ccccc2)c1. The quantitative estimate of drug-likeness (QED) is 0.718. The van der Waals surface area contributed by atoms with E-state index in [2.05, 4.69) is 15.5 Å². The molecule has 0 aliphatic carbocycles. The number of rotatable bonds is 3. The van der Waals surface area contributed by atoms with Gasteiger partial charge in [0.15, 0.2) is 0 Å². The summed E-state index contributed by atoms with van der Waals surface area (Å²) >= 11 is 1.17. The molecule has 0 aliphatic heterocycles. The molecule has 0 saturated heterocycles. The van der Waals surface area contributed by atoms with Gasteiger partial charge in [-0.15, -0.1) is 5.10 Å². The summed E-state index contributed by atoms with van der Waals surface area (Å²) in [6.45, 7) is 0. The van der Waals surface area contributed by atoms with Crippen molar-refractivity contribution in [2.24, 2.45) is 0 Å². The van der Waals surface area contributed by atoms with Crippen LogP contribution in [0.4, 0.5) is 0 Å². The molecule has 0 bridgehead atoms. The second-order valence-corrected chi connectivity index (χ2v) is 4.97. The Morgan fingerprint density at radius 2 is 1.80 bits per heavy atom. The van der Waals surface area contributed by atoms with Crippen molar-refractivity contribution in [3.8, 4) is 17.2 Å². The van der Waals surface area contributed by atoms with Gasteiger partial charge in [0.2, 0.25) is 5.16 Å². The van der Waals surface area contributed by atoms with E-state index in [9.17, 15) is 10.2 Å². The number of hydrogen-bond donors (Lipinski definition) is 2. The lowest BCUT2D eigenvalue weighted by atomic mass is 10.3. The number of aromatic hydroxyl groups is 2. The second-order valence-electron chi connectivity index (χ2n) is 3.96. The van der Waals surface area contributed by atoms with Crippen LogP contribution in [0.1, 0.15) is 0 Å². The van der Waals surface area contributed by atoms with Crippen LogP contribution in [-0.2, 0) is 0 Å². The largest absolute Gasteiger partial charge is 0.508 e. The smallest absolute Gasteiger partial charge is 0.219 e. The predicted octanol–water partition coefficient (Wildman–Crippen LogP) is 2.22. The van der Waals surface area contributed by atoms with E-state index in [4.69, 9.17) is 0 Å². The first kappa shape index (κ1) is 12.5. The van der Waals surface area contributed by atoms with Crippen LogP contribution in [0.3, 0.4) is 0 Å². The predicted molar refractivity (Wildman–Crippen MR) is 73.0 cm³/mol. The maximum atomic E-state index is 9.79. The molecule has 0 aliphatic rings. The van der Waals surface area contributed by atoms with E-state index >= 15 is 0 Å². The summed E-state index contributed by atoms with van der Waals surface area (Å²) in [5.74, 6) is 0.138. The van der Waals surface area contributed by atoms with E-state index in [1.165, 1.54) is 30.0 Å². The second kappa shape index (κ2) is 5.22. The molecule has 0 atom stereocenters. The Balaban J connectivity index is 1.97. The van der Waals surface area contributed by atoms with E-state index in [0.29, 0.717) is 10.1 Å². The highest BCUT2D eigenvalue weighted by molar-refractivity contribution is 7.99. The summed E-state index contributed by atoms with van der Waals surface area (Å²) in [6, 6.07) is 13.7. The average Bonchev–Trinajstić information content (AvgIpc) is 2.92. The van der Waals surface area contributed by atoms with Crippen LogP contribution < -0.4 is 0 Å². The molecule has 100 valence electrons. The molecule has 3 rings (SSSR count). The lowest BCUT2D eigenvalue weighted by Crippen LogP contribution is -1.98. The average molecular weight is 286 g/mol. The molecule has 0 fully saturated rings. The minimum Gasteiger partial charge on any atom is -0.508 e. The van der Waals surface area contributed by atoms with Crippen molar-refractivity contribution in [2.45, 2.75) is 10.1 Å². The van der Waals surface area contributed by atoms with E-state index < -0.39 is 0 Å². The summed E-state index contributed by atoms with van der Waals surface area (Å²) in [5, 5.41) is 31.3. The van der Waals surface area contributed by atoms with Gasteiger partial charge in [0.25, 0.3) is 0 Å². The Bertz CT molecular complexity index is 730. The summed E-state index contributed by atoms with van der Waals surface area (Å²) in [5.41, 5.74) is 0.819. The minimum atomic E-state index is 0.0652. The van der Waals surface area contributed by atoms with Crippen molar-refractivity contribution in [3.63, 3.8) is 0 Å². The van der Waals surface area contributed by atoms with Gasteiger partial charge in [-0.05, 0) is 52.5 Å². The van der Waals surface area contributed by atoms with E-state index in [1.54, 1.807) is 4.68 Å². The molecule has 0 spiro atoms. The number of para-hydroxylation sites is 1. The first-order valence-electron chi connectivity index (χ1n) is 5.77. The fourth-order valence-corrected chi connectivity index (χ4v) is 2.51. The zero-order valence-corrected chi connectivity index (χ0v) is 11.0. The Kier molecular flexibility index (Phi) is 3.26. The number of benzene rings is 2. The number of hydrogen-bond acceptors (Lipinski definition) is 6. The highest BCUT2D eigenvalue weighted by Crippen LogP contribution is 2.35. The summed E-state index contributed by atoms with van der Waals surface area (Å²) in [7, 11) is 0. The summed E-state index contributed by atoms with van der Waals surface area (Å²) in [6.07, 6.45) is 0. The van der Waals surface area contributed by atoms with Crippen molar-refractivity contribution >= 4 is 11.8 Å². The van der Waals surface area contributed by atoms with Crippen molar-refractivity contribution in [2.75, 3.05) is 0 Å². The first-order valence-corrected chi connectivity index (χ1v) is 6.59. The normalized spacial score (nSPS) is 10.6. The van der Waals surface area contributed by atoms with Gasteiger partial charge in [-0.1, -0.05) is 18.2 Å². The Labute approximate surface area is 118 Å². The van der Waals surface area contributed by atoms with Crippen molar-refractivity contribution < 1.29 is 10.2 Å². The first-order chi connectivity index (χ1) is 9.74. The topological polar surface area (TPSA) is 84.1 Å². The van der Waals surface area contributed by atoms with Crippen LogP contribution in [-0.4, -0.2) is 30.4 Å². The van der Waals surface area contributed by atoms with Crippen molar-refractivity contribution in [1.29, 1.82) is 0 Å². The number of nitrogens with zero attached hydrogens (tertiary/aromatic N) is 4. The number of phenols is 2. The Morgan fingerprint density at radius 1 is 1.00 bits per heavy atom. The van der Waals surface area contributed by atoms with E-state index in [-0.39, 0.29) is 11.5 Å². The molecule has 3 aromatic rings. The van der Waals surface area contributed by atoms with Crippen LogP contribution in [0.15, 0.2) is 58.6 Å². The lowest BCUT2D eigenvalue weighted by Gasteiger charge is -2.05. The zero-order valence-electron chi connectivity index (χ0n) is 10.2. The van der Waals surface area contributed by atoms with Gasteiger partial charge in [-0.25, -0.2) is 0 Å². The highest BCUT2D eigenvalue weighted by Gasteiger charge is 2.12. The highest BCUT2D eigenvalue weighted by atomic mass is 32.2. The third-order valence-corrected chi connectivity index (χ3v) is 3.57. The molecule has 20 heavy (non-hydrogen) atoms. The van der Waals surface area contributed by atoms with Gasteiger partial charge >= 0.3 is 0 Å². The third-order valence-electron chi connectivity index (χ3n) is 2.59. The lowest BCUT2D eigenvalue weighted by molar-refractivity contribution is 0.448. The molecule has 2 N–H and O–H groups in total.